The predicted octanol–water partition coefficient (Wildman–Crippen LogP) is 0.502. The maximum absolute atomic E-state index is 12.1. The summed E-state index contributed by atoms with van der Waals surface area (Å²) in [4.78, 5) is 25.4. The number of amides is 2. The maximum atomic E-state index is 12.1. The molecule has 108 valence electrons. The van der Waals surface area contributed by atoms with E-state index < -0.39 is 0 Å². The molecular formula is C14H25N3O2. The van der Waals surface area contributed by atoms with Crippen molar-refractivity contribution >= 4 is 11.8 Å². The summed E-state index contributed by atoms with van der Waals surface area (Å²) in [5.74, 6) is 0.800. The number of hydrogen-bond donors (Lipinski definition) is 2. The molecule has 2 aliphatic rings. The quantitative estimate of drug-likeness (QED) is 0.780. The minimum atomic E-state index is 0.166. The van der Waals surface area contributed by atoms with E-state index in [1.54, 1.807) is 0 Å². The second-order valence-electron chi connectivity index (χ2n) is 5.79. The zero-order chi connectivity index (χ0) is 13.8. The Kier molecular flexibility index (Phi) is 4.80. The Bertz CT molecular complexity index is 346. The number of rotatable bonds is 4. The molecule has 0 saturated carbocycles. The molecule has 2 N–H and O–H groups in total. The second-order valence-corrected chi connectivity index (χ2v) is 5.79. The number of carbonyl (C=O) groups is 2. The number of nitrogens with zero attached hydrogens (tertiary/aromatic N) is 1. The smallest absolute Gasteiger partial charge is 0.236 e. The van der Waals surface area contributed by atoms with Crippen LogP contribution < -0.4 is 10.6 Å². The molecule has 19 heavy (non-hydrogen) atoms. The molecule has 2 amide bonds. The molecule has 0 aromatic rings. The first-order valence-corrected chi connectivity index (χ1v) is 7.40. The molecule has 2 aliphatic heterocycles. The number of piperidine rings is 2. The number of hydrogen-bond acceptors (Lipinski definition) is 3. The van der Waals surface area contributed by atoms with E-state index in [0.29, 0.717) is 24.9 Å². The van der Waals surface area contributed by atoms with E-state index in [4.69, 9.17) is 0 Å². The van der Waals surface area contributed by atoms with Crippen LogP contribution >= 0.6 is 0 Å². The Hall–Kier alpha value is -1.10. The van der Waals surface area contributed by atoms with Crippen LogP contribution in [0.15, 0.2) is 0 Å². The zero-order valence-corrected chi connectivity index (χ0v) is 11.9. The molecule has 5 nitrogen and oxygen atoms in total. The summed E-state index contributed by atoms with van der Waals surface area (Å²) in [5, 5.41) is 6.29. The molecular weight excluding hydrogens is 242 g/mol. The van der Waals surface area contributed by atoms with Crippen molar-refractivity contribution in [2.75, 3.05) is 19.6 Å². The van der Waals surface area contributed by atoms with Crippen LogP contribution in [0, 0.1) is 5.92 Å². The van der Waals surface area contributed by atoms with Gasteiger partial charge in [0.25, 0.3) is 0 Å². The van der Waals surface area contributed by atoms with Crippen molar-refractivity contribution in [3.05, 3.63) is 0 Å². The highest BCUT2D eigenvalue weighted by Crippen LogP contribution is 2.25. The van der Waals surface area contributed by atoms with Crippen molar-refractivity contribution in [3.8, 4) is 0 Å². The van der Waals surface area contributed by atoms with E-state index in [1.165, 1.54) is 0 Å². The summed E-state index contributed by atoms with van der Waals surface area (Å²) < 4.78 is 0. The van der Waals surface area contributed by atoms with Gasteiger partial charge in [-0.2, -0.15) is 0 Å². The van der Waals surface area contributed by atoms with Gasteiger partial charge in [-0.3, -0.25) is 9.59 Å². The van der Waals surface area contributed by atoms with Gasteiger partial charge in [-0.05, 0) is 32.1 Å². The van der Waals surface area contributed by atoms with Gasteiger partial charge in [0.2, 0.25) is 11.8 Å². The highest BCUT2D eigenvalue weighted by molar-refractivity contribution is 5.79. The molecule has 3 unspecified atom stereocenters. The van der Waals surface area contributed by atoms with Gasteiger partial charge in [-0.15, -0.1) is 0 Å². The molecule has 3 atom stereocenters. The molecule has 2 heterocycles. The van der Waals surface area contributed by atoms with E-state index in [0.717, 1.165) is 32.4 Å². The normalized spacial score (nSPS) is 28.5. The van der Waals surface area contributed by atoms with Crippen molar-refractivity contribution in [2.24, 2.45) is 5.92 Å². The molecule has 0 aliphatic carbocycles. The Balaban J connectivity index is 1.80. The van der Waals surface area contributed by atoms with Gasteiger partial charge in [0.05, 0.1) is 6.54 Å². The lowest BCUT2D eigenvalue weighted by molar-refractivity contribution is -0.134. The monoisotopic (exact) mass is 267 g/mol. The van der Waals surface area contributed by atoms with Crippen LogP contribution in [0.4, 0.5) is 0 Å². The Morgan fingerprint density at radius 1 is 1.53 bits per heavy atom. The summed E-state index contributed by atoms with van der Waals surface area (Å²) in [7, 11) is 0. The third-order valence-electron chi connectivity index (χ3n) is 4.39. The highest BCUT2D eigenvalue weighted by atomic mass is 16.2. The van der Waals surface area contributed by atoms with Crippen LogP contribution in [0.25, 0.3) is 0 Å². The molecule has 2 fully saturated rings. The summed E-state index contributed by atoms with van der Waals surface area (Å²) >= 11 is 0. The van der Waals surface area contributed by atoms with Crippen molar-refractivity contribution < 1.29 is 9.59 Å². The molecule has 0 aromatic carbocycles. The fourth-order valence-corrected chi connectivity index (χ4v) is 2.85. The lowest BCUT2D eigenvalue weighted by Crippen LogP contribution is -2.56. The molecule has 0 spiro atoms. The SMILES string of the molecule is CCC(C)NCC(=O)N1CCC2NC(=O)CCC2C1. The van der Waals surface area contributed by atoms with E-state index in [1.807, 2.05) is 4.90 Å². The van der Waals surface area contributed by atoms with Crippen LogP contribution in [-0.4, -0.2) is 48.4 Å². The van der Waals surface area contributed by atoms with Gasteiger partial charge in [0.1, 0.15) is 0 Å². The molecule has 2 rings (SSSR count). The van der Waals surface area contributed by atoms with Crippen molar-refractivity contribution in [2.45, 2.75) is 51.6 Å². The van der Waals surface area contributed by atoms with Crippen molar-refractivity contribution in [3.63, 3.8) is 0 Å². The molecule has 5 heteroatoms. The number of fused-ring (bicyclic) bond motifs is 1. The number of nitrogens with one attached hydrogen (secondary N) is 2. The number of carbonyl (C=O) groups excluding carboxylic acids is 2. The van der Waals surface area contributed by atoms with E-state index in [-0.39, 0.29) is 17.9 Å². The van der Waals surface area contributed by atoms with Gasteiger partial charge >= 0.3 is 0 Å². The predicted molar refractivity (Wildman–Crippen MR) is 73.6 cm³/mol. The minimum Gasteiger partial charge on any atom is -0.353 e. The van der Waals surface area contributed by atoms with Gasteiger partial charge in [-0.1, -0.05) is 6.92 Å². The topological polar surface area (TPSA) is 61.4 Å². The first-order valence-electron chi connectivity index (χ1n) is 7.40. The fraction of sp³-hybridized carbons (Fsp3) is 0.857. The Morgan fingerprint density at radius 2 is 2.32 bits per heavy atom. The summed E-state index contributed by atoms with van der Waals surface area (Å²) in [6.45, 7) is 6.20. The van der Waals surface area contributed by atoms with Gasteiger partial charge < -0.3 is 15.5 Å². The summed E-state index contributed by atoms with van der Waals surface area (Å²) in [6, 6.07) is 0.670. The molecule has 0 radical (unpaired) electrons. The van der Waals surface area contributed by atoms with Gasteiger partial charge in [0, 0.05) is 31.6 Å². The third kappa shape index (κ3) is 3.69. The molecule has 2 saturated heterocycles. The highest BCUT2D eigenvalue weighted by Gasteiger charge is 2.35. The van der Waals surface area contributed by atoms with Crippen LogP contribution in [0.2, 0.25) is 0 Å². The average Bonchev–Trinajstić information content (AvgIpc) is 2.43. The fourth-order valence-electron chi connectivity index (χ4n) is 2.85. The average molecular weight is 267 g/mol. The third-order valence-corrected chi connectivity index (χ3v) is 4.39. The van der Waals surface area contributed by atoms with Gasteiger partial charge in [-0.25, -0.2) is 0 Å². The standard InChI is InChI=1S/C14H25N3O2/c1-3-10(2)15-8-14(19)17-7-6-12-11(9-17)4-5-13(18)16-12/h10-12,15H,3-9H2,1-2H3,(H,16,18). The first kappa shape index (κ1) is 14.3. The van der Waals surface area contributed by atoms with E-state index >= 15 is 0 Å². The van der Waals surface area contributed by atoms with E-state index in [2.05, 4.69) is 24.5 Å². The Morgan fingerprint density at radius 3 is 3.05 bits per heavy atom. The maximum Gasteiger partial charge on any atom is 0.236 e. The van der Waals surface area contributed by atoms with E-state index in [9.17, 15) is 9.59 Å². The van der Waals surface area contributed by atoms with Crippen molar-refractivity contribution in [1.82, 2.24) is 15.5 Å². The Labute approximate surface area is 115 Å². The largest absolute Gasteiger partial charge is 0.353 e. The first-order chi connectivity index (χ1) is 9.10. The van der Waals surface area contributed by atoms with Crippen molar-refractivity contribution in [1.29, 1.82) is 0 Å². The van der Waals surface area contributed by atoms with Gasteiger partial charge in [0.15, 0.2) is 0 Å². The summed E-state index contributed by atoms with van der Waals surface area (Å²) in [5.41, 5.74) is 0. The summed E-state index contributed by atoms with van der Waals surface area (Å²) in [6.07, 6.45) is 3.45. The lowest BCUT2D eigenvalue weighted by Gasteiger charge is -2.41. The lowest BCUT2D eigenvalue weighted by atomic mass is 9.85. The van der Waals surface area contributed by atoms with Crippen LogP contribution in [-0.2, 0) is 9.59 Å². The second kappa shape index (κ2) is 6.37. The minimum absolute atomic E-state index is 0.166. The zero-order valence-electron chi connectivity index (χ0n) is 11.9. The van der Waals surface area contributed by atoms with Crippen LogP contribution in [0.5, 0.6) is 0 Å². The molecule has 0 aromatic heterocycles. The van der Waals surface area contributed by atoms with Crippen LogP contribution in [0.1, 0.15) is 39.5 Å². The van der Waals surface area contributed by atoms with Crippen LogP contribution in [0.3, 0.4) is 0 Å². The number of likely N-dealkylation sites (tertiary alicyclic amines) is 1. The molecule has 0 bridgehead atoms.